The molecule has 0 radical (unpaired) electrons. The van der Waals surface area contributed by atoms with Crippen molar-refractivity contribution < 1.29 is 51.3 Å². The number of hydrogen-bond acceptors (Lipinski definition) is 11. The van der Waals surface area contributed by atoms with Crippen molar-refractivity contribution in [1.82, 2.24) is 19.8 Å². The van der Waals surface area contributed by atoms with Crippen molar-refractivity contribution in [3.05, 3.63) is 35.4 Å². The summed E-state index contributed by atoms with van der Waals surface area (Å²) in [7, 11) is -2.32. The third-order valence-electron chi connectivity index (χ3n) is 11.7. The number of benzene rings is 1. The van der Waals surface area contributed by atoms with Crippen molar-refractivity contribution in [3.63, 3.8) is 0 Å². The first-order valence-corrected chi connectivity index (χ1v) is 21.1. The predicted octanol–water partition coefficient (Wildman–Crippen LogP) is 4.61. The number of nitrogens with zero attached hydrogens (tertiary/aromatic N) is 2. The second-order valence-corrected chi connectivity index (χ2v) is 19.8. The van der Waals surface area contributed by atoms with Crippen LogP contribution < -0.4 is 19.5 Å². The molecule has 1 aromatic carbocycles. The topological polar surface area (TPSA) is 187 Å². The number of nitrogens with one attached hydrogen (secondary N) is 2. The largest absolute Gasteiger partial charge is 0.493 e. The molecule has 3 heterocycles. The van der Waals surface area contributed by atoms with Crippen molar-refractivity contribution in [2.75, 3.05) is 26.9 Å². The lowest BCUT2D eigenvalue weighted by Gasteiger charge is -2.35. The van der Waals surface area contributed by atoms with Gasteiger partial charge in [0.15, 0.2) is 17.3 Å². The third-order valence-corrected chi connectivity index (χ3v) is 13.5. The Hall–Kier alpha value is -4.34. The highest BCUT2D eigenvalue weighted by molar-refractivity contribution is 7.90. The van der Waals surface area contributed by atoms with E-state index in [-0.39, 0.29) is 51.6 Å². The van der Waals surface area contributed by atoms with Crippen LogP contribution in [-0.4, -0.2) is 98.3 Å². The van der Waals surface area contributed by atoms with Crippen LogP contribution in [0.15, 0.2) is 24.3 Å². The Balaban J connectivity index is 1.30. The van der Waals surface area contributed by atoms with Gasteiger partial charge in [0.05, 0.1) is 43.5 Å². The zero-order valence-corrected chi connectivity index (χ0v) is 34.3. The molecule has 308 valence electrons. The van der Waals surface area contributed by atoms with Crippen molar-refractivity contribution >= 4 is 39.8 Å². The lowest BCUT2D eigenvalue weighted by molar-refractivity contribution is -0.142. The van der Waals surface area contributed by atoms with Gasteiger partial charge in [-0.3, -0.25) is 24.0 Å². The summed E-state index contributed by atoms with van der Waals surface area (Å²) >= 11 is 0. The van der Waals surface area contributed by atoms with E-state index in [2.05, 4.69) is 10.0 Å². The van der Waals surface area contributed by atoms with Gasteiger partial charge in [0.2, 0.25) is 21.8 Å². The Kier molecular flexibility index (Phi) is 11.5. The predicted molar refractivity (Wildman–Crippen MR) is 204 cm³/mol. The van der Waals surface area contributed by atoms with E-state index in [1.807, 2.05) is 39.0 Å². The minimum atomic E-state index is -3.86. The summed E-state index contributed by atoms with van der Waals surface area (Å²) in [5.74, 6) is -0.911. The van der Waals surface area contributed by atoms with E-state index < -0.39 is 79.5 Å². The van der Waals surface area contributed by atoms with Crippen LogP contribution in [0.4, 0.5) is 9.59 Å². The van der Waals surface area contributed by atoms with Crippen molar-refractivity contribution in [2.24, 2.45) is 22.2 Å². The fourth-order valence-electron chi connectivity index (χ4n) is 8.03. The minimum Gasteiger partial charge on any atom is -0.493 e. The van der Waals surface area contributed by atoms with E-state index in [1.165, 1.54) is 9.80 Å². The number of amides is 4. The molecule has 4 bridgehead atoms. The molecule has 15 nitrogen and oxygen atoms in total. The number of carbonyl (C=O) groups is 5. The molecule has 2 saturated carbocycles. The molecule has 3 fully saturated rings. The number of alkyl carbamates (subject to hydrolysis) is 1. The number of Topliss-reactive ketones (excluding diaryl/α,β-unsaturated/α-hetero) is 1. The molecule has 56 heavy (non-hydrogen) atoms. The van der Waals surface area contributed by atoms with Gasteiger partial charge in [0.25, 0.3) is 0 Å². The number of hydrogen-bond donors (Lipinski definition) is 2. The van der Waals surface area contributed by atoms with Crippen LogP contribution in [0.3, 0.4) is 0 Å². The van der Waals surface area contributed by atoms with Gasteiger partial charge in [-0.1, -0.05) is 66.2 Å². The molecule has 1 unspecified atom stereocenters. The first-order valence-electron chi connectivity index (χ1n) is 19.5. The van der Waals surface area contributed by atoms with Crippen molar-refractivity contribution in [2.45, 2.75) is 123 Å². The van der Waals surface area contributed by atoms with E-state index in [0.29, 0.717) is 43.6 Å². The maximum atomic E-state index is 14.6. The molecule has 4 amide bonds. The van der Waals surface area contributed by atoms with E-state index in [1.54, 1.807) is 33.9 Å². The van der Waals surface area contributed by atoms with Gasteiger partial charge in [0.1, 0.15) is 18.8 Å². The van der Waals surface area contributed by atoms with Crippen LogP contribution in [0.2, 0.25) is 0 Å². The third kappa shape index (κ3) is 8.79. The minimum absolute atomic E-state index is 0.0457. The monoisotopic (exact) mass is 800 g/mol. The molecule has 0 aromatic heterocycles. The van der Waals surface area contributed by atoms with Gasteiger partial charge < -0.3 is 29.2 Å². The Morgan fingerprint density at radius 2 is 1.80 bits per heavy atom. The van der Waals surface area contributed by atoms with Gasteiger partial charge >= 0.3 is 12.2 Å². The van der Waals surface area contributed by atoms with Gasteiger partial charge in [0, 0.05) is 30.4 Å². The standard InChI is InChI=1S/C40H56N4O11S/c1-8-25-18-40(25,35(47)42-56(50,51)27-12-13-27)19-30(45)29-17-26-21-44(29)34(46)33(38(2,3)4)41-36(48)54-23-39(5,6)15-9-10-16-53-32-28-22-43(37(49)55-26)20-24(28)11-14-31(32)52-7/h9-11,14,25-27,29,33H,8,12-13,15-23H2,1-7H3,(H,41,48)(H,42,47)/b10-9+/t25-,26+,29?,33+,40-/m0/s1. The molecule has 6 rings (SSSR count). The number of fused-ring (bicyclic) bond motifs is 3. The number of ether oxygens (including phenoxy) is 4. The van der Waals surface area contributed by atoms with Crippen LogP contribution in [0.5, 0.6) is 11.5 Å². The summed E-state index contributed by atoms with van der Waals surface area (Å²) in [4.78, 5) is 72.5. The summed E-state index contributed by atoms with van der Waals surface area (Å²) in [6, 6.07) is 1.41. The Morgan fingerprint density at radius 1 is 1.07 bits per heavy atom. The van der Waals surface area contributed by atoms with E-state index >= 15 is 0 Å². The van der Waals surface area contributed by atoms with Crippen LogP contribution in [0, 0.1) is 22.2 Å². The molecule has 2 N–H and O–H groups in total. The number of ketones is 1. The Bertz CT molecular complexity index is 1890. The molecule has 5 aliphatic rings. The quantitative estimate of drug-likeness (QED) is 0.350. The smallest absolute Gasteiger partial charge is 0.410 e. The Morgan fingerprint density at radius 3 is 2.45 bits per heavy atom. The number of methoxy groups -OCH3 is 1. The zero-order chi connectivity index (χ0) is 40.8. The van der Waals surface area contributed by atoms with Crippen LogP contribution in [-0.2, 0) is 47.0 Å². The number of carbonyl (C=O) groups excluding carboxylic acids is 5. The van der Waals surface area contributed by atoms with Crippen molar-refractivity contribution in [1.29, 1.82) is 0 Å². The Labute approximate surface area is 329 Å². The maximum absolute atomic E-state index is 14.6. The number of rotatable bonds is 8. The molecule has 1 saturated heterocycles. The fourth-order valence-corrected chi connectivity index (χ4v) is 9.41. The second kappa shape index (κ2) is 15.5. The highest BCUT2D eigenvalue weighted by Gasteiger charge is 2.62. The zero-order valence-electron chi connectivity index (χ0n) is 33.5. The fraction of sp³-hybridized carbons (Fsp3) is 0.675. The molecule has 3 aliphatic heterocycles. The van der Waals surface area contributed by atoms with Gasteiger partial charge in [-0.2, -0.15) is 0 Å². The van der Waals surface area contributed by atoms with E-state index in [0.717, 1.165) is 11.1 Å². The van der Waals surface area contributed by atoms with Gasteiger partial charge in [-0.15, -0.1) is 0 Å². The van der Waals surface area contributed by atoms with Crippen LogP contribution >= 0.6 is 0 Å². The first kappa shape index (κ1) is 41.3. The first-order chi connectivity index (χ1) is 26.3. The highest BCUT2D eigenvalue weighted by Crippen LogP contribution is 2.58. The molecule has 1 aromatic rings. The number of allylic oxidation sites excluding steroid dienone is 1. The average molecular weight is 801 g/mol. The van der Waals surface area contributed by atoms with Gasteiger partial charge in [-0.25, -0.2) is 18.0 Å². The summed E-state index contributed by atoms with van der Waals surface area (Å²) in [5, 5.41) is 2.12. The molecule has 0 spiro atoms. The SMILES string of the molecule is CC[C@H]1C[C@@]1(CC(=O)C1C[C@@H]2CN1C(=O)[C@H](C(C)(C)C)NC(=O)OCC(C)(C)C/C=C/COc1c(OC)ccc3c1CN(C3)C(=O)O2)C(=O)NS(=O)(=O)C1CC1. The van der Waals surface area contributed by atoms with Crippen molar-refractivity contribution in [3.8, 4) is 11.5 Å². The highest BCUT2D eigenvalue weighted by atomic mass is 32.2. The maximum Gasteiger partial charge on any atom is 0.410 e. The normalized spacial score (nSPS) is 28.9. The average Bonchev–Trinajstić information content (AvgIpc) is 4.02. The van der Waals surface area contributed by atoms with E-state index in [9.17, 15) is 32.4 Å². The molecule has 5 atom stereocenters. The molecule has 16 heteroatoms. The summed E-state index contributed by atoms with van der Waals surface area (Å²) in [5.41, 5.74) is -0.893. The summed E-state index contributed by atoms with van der Waals surface area (Å²) < 4.78 is 51.2. The summed E-state index contributed by atoms with van der Waals surface area (Å²) in [6.45, 7) is 11.7. The lowest BCUT2D eigenvalue weighted by atomic mass is 9.85. The molecular formula is C40H56N4O11S. The van der Waals surface area contributed by atoms with Gasteiger partial charge in [-0.05, 0) is 48.6 Å². The molecular weight excluding hydrogens is 745 g/mol. The number of cyclic esters (lactones) is 1. The second-order valence-electron chi connectivity index (χ2n) is 17.8. The van der Waals surface area contributed by atoms with Crippen LogP contribution in [0.1, 0.15) is 97.6 Å². The number of sulfonamides is 1. The lowest BCUT2D eigenvalue weighted by Crippen LogP contribution is -2.57. The van der Waals surface area contributed by atoms with E-state index in [4.69, 9.17) is 18.9 Å². The van der Waals surface area contributed by atoms with Crippen LogP contribution in [0.25, 0.3) is 0 Å². The summed E-state index contributed by atoms with van der Waals surface area (Å²) in [6.07, 6.45) is 3.52. The molecule has 2 aliphatic carbocycles.